The summed E-state index contributed by atoms with van der Waals surface area (Å²) < 4.78 is 5.32. The molecule has 6 heteroatoms. The molecule has 2 N–H and O–H groups in total. The van der Waals surface area contributed by atoms with Gasteiger partial charge in [0.05, 0.1) is 24.4 Å². The number of aromatic amines is 1. The molecule has 1 aromatic heterocycles. The van der Waals surface area contributed by atoms with Crippen LogP contribution in [0.15, 0.2) is 18.2 Å². The SMILES string of the molecule is COc1ccc2n[nH]c(CN3CCC(N4CC(O)C4)CC3)c2c1. The van der Waals surface area contributed by atoms with Crippen molar-refractivity contribution in [3.63, 3.8) is 0 Å². The first-order valence-electron chi connectivity index (χ1n) is 8.38. The number of methoxy groups -OCH3 is 1. The standard InChI is InChI=1S/C17H24N4O2/c1-23-14-2-3-16-15(8-14)17(19-18-16)11-20-6-4-12(5-7-20)21-9-13(22)10-21/h2-3,8,12-13,22H,4-7,9-11H2,1H3,(H,18,19). The molecule has 2 fully saturated rings. The molecule has 0 radical (unpaired) electrons. The van der Waals surface area contributed by atoms with E-state index in [1.807, 2.05) is 12.1 Å². The van der Waals surface area contributed by atoms with Gasteiger partial charge in [-0.3, -0.25) is 14.9 Å². The number of ether oxygens (including phenoxy) is 1. The summed E-state index contributed by atoms with van der Waals surface area (Å²) in [5, 5.41) is 18.2. The highest BCUT2D eigenvalue weighted by atomic mass is 16.5. The molecule has 124 valence electrons. The fourth-order valence-electron chi connectivity index (χ4n) is 3.74. The molecular formula is C17H24N4O2. The molecule has 0 amide bonds. The number of piperidine rings is 1. The van der Waals surface area contributed by atoms with Crippen LogP contribution in [-0.4, -0.2) is 70.5 Å². The van der Waals surface area contributed by atoms with Crippen molar-refractivity contribution in [1.82, 2.24) is 20.0 Å². The first-order valence-corrected chi connectivity index (χ1v) is 8.38. The Morgan fingerprint density at radius 2 is 2.09 bits per heavy atom. The lowest BCUT2D eigenvalue weighted by atomic mass is 9.98. The number of fused-ring (bicyclic) bond motifs is 1. The average Bonchev–Trinajstić information content (AvgIpc) is 2.95. The normalized spacial score (nSPS) is 21.7. The second-order valence-electron chi connectivity index (χ2n) is 6.70. The van der Waals surface area contributed by atoms with E-state index in [-0.39, 0.29) is 6.10 Å². The zero-order valence-corrected chi connectivity index (χ0v) is 13.5. The first kappa shape index (κ1) is 14.9. The molecule has 0 saturated carbocycles. The van der Waals surface area contributed by atoms with Crippen molar-refractivity contribution >= 4 is 10.9 Å². The summed E-state index contributed by atoms with van der Waals surface area (Å²) in [6, 6.07) is 6.64. The van der Waals surface area contributed by atoms with Gasteiger partial charge >= 0.3 is 0 Å². The average molecular weight is 316 g/mol. The van der Waals surface area contributed by atoms with Gasteiger partial charge in [0.1, 0.15) is 5.75 Å². The van der Waals surface area contributed by atoms with Gasteiger partial charge in [0.2, 0.25) is 0 Å². The van der Waals surface area contributed by atoms with Gasteiger partial charge in [0, 0.05) is 44.2 Å². The van der Waals surface area contributed by atoms with Crippen LogP contribution in [-0.2, 0) is 6.54 Å². The van der Waals surface area contributed by atoms with Crippen molar-refractivity contribution in [3.05, 3.63) is 23.9 Å². The number of benzene rings is 1. The van der Waals surface area contributed by atoms with Gasteiger partial charge in [-0.1, -0.05) is 0 Å². The Hall–Kier alpha value is -1.63. The smallest absolute Gasteiger partial charge is 0.119 e. The van der Waals surface area contributed by atoms with E-state index >= 15 is 0 Å². The first-order chi connectivity index (χ1) is 11.2. The number of aliphatic hydroxyl groups excluding tert-OH is 1. The lowest BCUT2D eigenvalue weighted by Gasteiger charge is -2.45. The van der Waals surface area contributed by atoms with Crippen LogP contribution in [0.5, 0.6) is 5.75 Å². The van der Waals surface area contributed by atoms with Gasteiger partial charge in [0.15, 0.2) is 0 Å². The minimum Gasteiger partial charge on any atom is -0.497 e. The molecule has 0 spiro atoms. The van der Waals surface area contributed by atoms with Crippen LogP contribution in [0.4, 0.5) is 0 Å². The molecular weight excluding hydrogens is 292 g/mol. The summed E-state index contributed by atoms with van der Waals surface area (Å²) in [5.74, 6) is 0.871. The van der Waals surface area contributed by atoms with E-state index in [9.17, 15) is 5.11 Å². The number of aliphatic hydroxyl groups is 1. The van der Waals surface area contributed by atoms with Gasteiger partial charge < -0.3 is 9.84 Å². The van der Waals surface area contributed by atoms with E-state index in [2.05, 4.69) is 26.1 Å². The minimum absolute atomic E-state index is 0.0978. The number of nitrogens with zero attached hydrogens (tertiary/aromatic N) is 3. The van der Waals surface area contributed by atoms with E-state index in [0.29, 0.717) is 6.04 Å². The summed E-state index contributed by atoms with van der Waals surface area (Å²) >= 11 is 0. The van der Waals surface area contributed by atoms with E-state index in [4.69, 9.17) is 4.74 Å². The quantitative estimate of drug-likeness (QED) is 0.888. The molecule has 0 aliphatic carbocycles. The number of nitrogens with one attached hydrogen (secondary N) is 1. The fraction of sp³-hybridized carbons (Fsp3) is 0.588. The molecule has 3 heterocycles. The summed E-state index contributed by atoms with van der Waals surface area (Å²) in [7, 11) is 1.69. The predicted molar refractivity (Wildman–Crippen MR) is 88.5 cm³/mol. The highest BCUT2D eigenvalue weighted by Crippen LogP contribution is 2.25. The molecule has 2 aromatic rings. The van der Waals surface area contributed by atoms with Crippen LogP contribution in [0.2, 0.25) is 0 Å². The van der Waals surface area contributed by atoms with Crippen LogP contribution >= 0.6 is 0 Å². The third-order valence-electron chi connectivity index (χ3n) is 5.19. The predicted octanol–water partition coefficient (Wildman–Crippen LogP) is 1.21. The van der Waals surface area contributed by atoms with Crippen LogP contribution in [0.25, 0.3) is 10.9 Å². The van der Waals surface area contributed by atoms with Crippen molar-refractivity contribution in [3.8, 4) is 5.75 Å². The zero-order chi connectivity index (χ0) is 15.8. The Bertz CT molecular complexity index is 672. The van der Waals surface area contributed by atoms with Crippen molar-refractivity contribution < 1.29 is 9.84 Å². The Labute approximate surface area is 136 Å². The van der Waals surface area contributed by atoms with Gasteiger partial charge in [-0.05, 0) is 31.0 Å². The molecule has 0 bridgehead atoms. The number of likely N-dealkylation sites (tertiary alicyclic amines) is 2. The third-order valence-corrected chi connectivity index (χ3v) is 5.19. The van der Waals surface area contributed by atoms with Gasteiger partial charge in [-0.15, -0.1) is 0 Å². The fourth-order valence-corrected chi connectivity index (χ4v) is 3.74. The molecule has 6 nitrogen and oxygen atoms in total. The van der Waals surface area contributed by atoms with Crippen molar-refractivity contribution in [2.24, 2.45) is 0 Å². The Kier molecular flexibility index (Phi) is 3.97. The molecule has 2 saturated heterocycles. The molecule has 1 aromatic carbocycles. The van der Waals surface area contributed by atoms with Crippen LogP contribution in [0.1, 0.15) is 18.5 Å². The van der Waals surface area contributed by atoms with Crippen LogP contribution < -0.4 is 4.74 Å². The van der Waals surface area contributed by atoms with Crippen molar-refractivity contribution in [2.45, 2.75) is 31.5 Å². The van der Waals surface area contributed by atoms with Crippen molar-refractivity contribution in [1.29, 1.82) is 0 Å². The number of hydrogen-bond acceptors (Lipinski definition) is 5. The molecule has 2 aliphatic heterocycles. The maximum absolute atomic E-state index is 9.44. The number of rotatable bonds is 4. The van der Waals surface area contributed by atoms with E-state index < -0.39 is 0 Å². The lowest BCUT2D eigenvalue weighted by molar-refractivity contribution is -0.0402. The summed E-state index contributed by atoms with van der Waals surface area (Å²) in [6.07, 6.45) is 2.27. The highest BCUT2D eigenvalue weighted by molar-refractivity contribution is 5.82. The number of aromatic nitrogens is 2. The Balaban J connectivity index is 1.39. The molecule has 4 rings (SSSR count). The van der Waals surface area contributed by atoms with Gasteiger partial charge in [0.25, 0.3) is 0 Å². The van der Waals surface area contributed by atoms with Crippen LogP contribution in [0.3, 0.4) is 0 Å². The number of H-pyrrole nitrogens is 1. The second-order valence-corrected chi connectivity index (χ2v) is 6.70. The largest absolute Gasteiger partial charge is 0.497 e. The Morgan fingerprint density at radius 3 is 2.78 bits per heavy atom. The summed E-state index contributed by atoms with van der Waals surface area (Å²) in [4.78, 5) is 4.90. The molecule has 0 atom stereocenters. The van der Waals surface area contributed by atoms with Gasteiger partial charge in [-0.25, -0.2) is 0 Å². The summed E-state index contributed by atoms with van der Waals surface area (Å²) in [6.45, 7) is 4.81. The lowest BCUT2D eigenvalue weighted by Crippen LogP contribution is -2.57. The second kappa shape index (κ2) is 6.11. The van der Waals surface area contributed by atoms with E-state index in [1.165, 1.54) is 12.8 Å². The summed E-state index contributed by atoms with van der Waals surface area (Å²) in [5.41, 5.74) is 2.15. The van der Waals surface area contributed by atoms with Crippen LogP contribution in [0, 0.1) is 0 Å². The minimum atomic E-state index is -0.0978. The topological polar surface area (TPSA) is 64.6 Å². The molecule has 0 unspecified atom stereocenters. The van der Waals surface area contributed by atoms with E-state index in [1.54, 1.807) is 7.11 Å². The molecule has 23 heavy (non-hydrogen) atoms. The van der Waals surface area contributed by atoms with Crippen molar-refractivity contribution in [2.75, 3.05) is 33.3 Å². The number of β-amino-alcohol motifs (C(OH)–C–C–N with tert-alkyl or cyclic N) is 1. The highest BCUT2D eigenvalue weighted by Gasteiger charge is 2.32. The third kappa shape index (κ3) is 2.94. The zero-order valence-electron chi connectivity index (χ0n) is 13.5. The Morgan fingerprint density at radius 1 is 1.30 bits per heavy atom. The van der Waals surface area contributed by atoms with E-state index in [0.717, 1.165) is 55.1 Å². The maximum atomic E-state index is 9.44. The van der Waals surface area contributed by atoms with Gasteiger partial charge in [-0.2, -0.15) is 5.10 Å². The number of hydrogen-bond donors (Lipinski definition) is 2. The maximum Gasteiger partial charge on any atom is 0.119 e. The monoisotopic (exact) mass is 316 g/mol. The molecule has 2 aliphatic rings.